The zero-order chi connectivity index (χ0) is 24.2. The van der Waals surface area contributed by atoms with Crippen molar-refractivity contribution in [3.63, 3.8) is 0 Å². The van der Waals surface area contributed by atoms with Gasteiger partial charge in [-0.25, -0.2) is 0 Å². The maximum absolute atomic E-state index is 12.9. The number of thioether (sulfide) groups is 1. The van der Waals surface area contributed by atoms with Gasteiger partial charge in [-0.05, 0) is 53.7 Å². The van der Waals surface area contributed by atoms with Crippen molar-refractivity contribution in [1.29, 1.82) is 0 Å². The van der Waals surface area contributed by atoms with Crippen LogP contribution in [0.3, 0.4) is 0 Å². The van der Waals surface area contributed by atoms with Crippen LogP contribution in [0.5, 0.6) is 11.5 Å². The molecule has 174 valence electrons. The highest BCUT2D eigenvalue weighted by Gasteiger charge is 2.35. The lowest BCUT2D eigenvalue weighted by Crippen LogP contribution is -2.27. The van der Waals surface area contributed by atoms with Gasteiger partial charge in [0.25, 0.3) is 11.1 Å². The van der Waals surface area contributed by atoms with Crippen molar-refractivity contribution < 1.29 is 19.1 Å². The fourth-order valence-corrected chi connectivity index (χ4v) is 4.84. The molecule has 34 heavy (non-hydrogen) atoms. The Morgan fingerprint density at radius 2 is 1.62 bits per heavy atom. The molecule has 4 rings (SSSR count). The highest BCUT2D eigenvalue weighted by molar-refractivity contribution is 8.18. The first-order valence-corrected chi connectivity index (χ1v) is 12.0. The Kier molecular flexibility index (Phi) is 7.73. The molecule has 3 aromatic carbocycles. The number of nitrogens with zero attached hydrogens (tertiary/aromatic N) is 1. The highest BCUT2D eigenvalue weighted by Crippen LogP contribution is 2.37. The summed E-state index contributed by atoms with van der Waals surface area (Å²) >= 11 is 19.5. The van der Waals surface area contributed by atoms with Crippen LogP contribution in [-0.2, 0) is 17.9 Å². The van der Waals surface area contributed by atoms with Gasteiger partial charge in [0, 0.05) is 26.2 Å². The number of carbonyl (C=O) groups excluding carboxylic acids is 2. The van der Waals surface area contributed by atoms with E-state index in [4.69, 9.17) is 44.3 Å². The molecule has 0 bridgehead atoms. The van der Waals surface area contributed by atoms with E-state index in [1.54, 1.807) is 48.5 Å². The van der Waals surface area contributed by atoms with Gasteiger partial charge in [0.2, 0.25) is 0 Å². The Bertz CT molecular complexity index is 1270. The molecule has 0 atom stereocenters. The molecule has 0 saturated carbocycles. The van der Waals surface area contributed by atoms with Crippen LogP contribution in [0.15, 0.2) is 65.6 Å². The van der Waals surface area contributed by atoms with Crippen LogP contribution in [0.25, 0.3) is 6.08 Å². The molecule has 0 spiro atoms. The molecule has 5 nitrogen and oxygen atoms in total. The first-order valence-electron chi connectivity index (χ1n) is 10.1. The fourth-order valence-electron chi connectivity index (χ4n) is 3.29. The van der Waals surface area contributed by atoms with Crippen molar-refractivity contribution in [2.75, 3.05) is 7.11 Å². The molecule has 1 aliphatic rings. The van der Waals surface area contributed by atoms with Crippen molar-refractivity contribution >= 4 is 63.8 Å². The molecule has 2 amide bonds. The molecule has 3 aromatic rings. The molecule has 0 radical (unpaired) electrons. The predicted octanol–water partition coefficient (Wildman–Crippen LogP) is 7.47. The number of methoxy groups -OCH3 is 1. The summed E-state index contributed by atoms with van der Waals surface area (Å²) in [6, 6.07) is 17.7. The standard InChI is InChI=1S/C25H18Cl3NO4S/c1-32-22-11-15(9-10-21(22)33-14-16-5-2-3-6-18(16)26)12-23-24(30)29(25(31)34-23)13-17-19(27)7-4-8-20(17)28/h2-12H,13-14H2,1H3/b23-12-. The summed E-state index contributed by atoms with van der Waals surface area (Å²) in [6.45, 7) is 0.275. The Balaban J connectivity index is 1.51. The van der Waals surface area contributed by atoms with Crippen LogP contribution < -0.4 is 9.47 Å². The summed E-state index contributed by atoms with van der Waals surface area (Å²) in [4.78, 5) is 26.9. The van der Waals surface area contributed by atoms with E-state index in [1.165, 1.54) is 7.11 Å². The number of ether oxygens (including phenoxy) is 2. The normalized spacial score (nSPS) is 14.7. The number of hydrogen-bond acceptors (Lipinski definition) is 5. The number of imide groups is 1. The average molecular weight is 535 g/mol. The fraction of sp³-hybridized carbons (Fsp3) is 0.120. The number of hydrogen-bond donors (Lipinski definition) is 0. The molecular formula is C25H18Cl3NO4S. The summed E-state index contributed by atoms with van der Waals surface area (Å²) in [6.07, 6.45) is 1.64. The van der Waals surface area contributed by atoms with Gasteiger partial charge in [-0.15, -0.1) is 0 Å². The number of rotatable bonds is 7. The number of amides is 2. The third kappa shape index (κ3) is 5.36. The van der Waals surface area contributed by atoms with Crippen LogP contribution in [0.4, 0.5) is 4.79 Å². The minimum Gasteiger partial charge on any atom is -0.493 e. The first kappa shape index (κ1) is 24.5. The Labute approximate surface area is 216 Å². The lowest BCUT2D eigenvalue weighted by molar-refractivity contribution is -0.123. The molecule has 0 unspecified atom stereocenters. The van der Waals surface area contributed by atoms with Crippen LogP contribution in [0.2, 0.25) is 15.1 Å². The van der Waals surface area contributed by atoms with Gasteiger partial charge in [0.15, 0.2) is 11.5 Å². The van der Waals surface area contributed by atoms with E-state index in [9.17, 15) is 9.59 Å². The lowest BCUT2D eigenvalue weighted by Gasteiger charge is -2.14. The molecular weight excluding hydrogens is 517 g/mol. The van der Waals surface area contributed by atoms with E-state index >= 15 is 0 Å². The molecule has 1 aliphatic heterocycles. The van der Waals surface area contributed by atoms with Gasteiger partial charge in [-0.2, -0.15) is 0 Å². The van der Waals surface area contributed by atoms with E-state index in [0.29, 0.717) is 42.6 Å². The summed E-state index contributed by atoms with van der Waals surface area (Å²) in [7, 11) is 1.53. The van der Waals surface area contributed by atoms with Crippen molar-refractivity contribution in [3.05, 3.63) is 97.3 Å². The Morgan fingerprint density at radius 3 is 2.32 bits per heavy atom. The van der Waals surface area contributed by atoms with Crippen LogP contribution in [0, 0.1) is 0 Å². The van der Waals surface area contributed by atoms with Crippen molar-refractivity contribution in [2.45, 2.75) is 13.2 Å². The monoisotopic (exact) mass is 533 g/mol. The zero-order valence-corrected chi connectivity index (χ0v) is 21.0. The van der Waals surface area contributed by atoms with Gasteiger partial charge < -0.3 is 9.47 Å². The van der Waals surface area contributed by atoms with Gasteiger partial charge in [-0.1, -0.05) is 65.1 Å². The smallest absolute Gasteiger partial charge is 0.293 e. The van der Waals surface area contributed by atoms with Gasteiger partial charge in [0.05, 0.1) is 18.6 Å². The number of halogens is 3. The molecule has 1 fully saturated rings. The topological polar surface area (TPSA) is 55.8 Å². The third-order valence-electron chi connectivity index (χ3n) is 5.08. The van der Waals surface area contributed by atoms with Crippen molar-refractivity contribution in [2.24, 2.45) is 0 Å². The quantitative estimate of drug-likeness (QED) is 0.294. The largest absolute Gasteiger partial charge is 0.493 e. The zero-order valence-electron chi connectivity index (χ0n) is 17.9. The van der Waals surface area contributed by atoms with Gasteiger partial charge in [0.1, 0.15) is 6.61 Å². The second-order valence-electron chi connectivity index (χ2n) is 7.26. The van der Waals surface area contributed by atoms with E-state index in [0.717, 1.165) is 22.2 Å². The lowest BCUT2D eigenvalue weighted by atomic mass is 10.1. The average Bonchev–Trinajstić information content (AvgIpc) is 3.08. The molecule has 1 heterocycles. The maximum Gasteiger partial charge on any atom is 0.293 e. The molecule has 9 heteroatoms. The molecule has 1 saturated heterocycles. The number of carbonyl (C=O) groups is 2. The maximum atomic E-state index is 12.9. The summed E-state index contributed by atoms with van der Waals surface area (Å²) in [5.41, 5.74) is 2.06. The Hall–Kier alpha value is -2.64. The van der Waals surface area contributed by atoms with Crippen LogP contribution in [-0.4, -0.2) is 23.2 Å². The van der Waals surface area contributed by atoms with Gasteiger partial charge >= 0.3 is 0 Å². The van der Waals surface area contributed by atoms with E-state index in [2.05, 4.69) is 0 Å². The second kappa shape index (κ2) is 10.7. The van der Waals surface area contributed by atoms with Crippen LogP contribution >= 0.6 is 46.6 Å². The SMILES string of the molecule is COc1cc(/C=C2\SC(=O)N(Cc3c(Cl)cccc3Cl)C2=O)ccc1OCc1ccccc1Cl. The van der Waals surface area contributed by atoms with Gasteiger partial charge in [-0.3, -0.25) is 14.5 Å². The Morgan fingerprint density at radius 1 is 0.912 bits per heavy atom. The second-order valence-corrected chi connectivity index (χ2v) is 9.47. The third-order valence-corrected chi connectivity index (χ3v) is 7.06. The van der Waals surface area contributed by atoms with Crippen molar-refractivity contribution in [3.8, 4) is 11.5 Å². The minimum atomic E-state index is -0.413. The van der Waals surface area contributed by atoms with E-state index in [-0.39, 0.29) is 18.4 Å². The molecule has 0 aliphatic carbocycles. The molecule has 0 aromatic heterocycles. The van der Waals surface area contributed by atoms with E-state index < -0.39 is 5.91 Å². The summed E-state index contributed by atoms with van der Waals surface area (Å²) in [5, 5.41) is 1.02. The van der Waals surface area contributed by atoms with E-state index in [1.807, 2.05) is 18.2 Å². The predicted molar refractivity (Wildman–Crippen MR) is 137 cm³/mol. The molecule has 0 N–H and O–H groups in total. The van der Waals surface area contributed by atoms with Crippen LogP contribution in [0.1, 0.15) is 16.7 Å². The number of benzene rings is 3. The highest BCUT2D eigenvalue weighted by atomic mass is 35.5. The van der Waals surface area contributed by atoms with Crippen molar-refractivity contribution in [1.82, 2.24) is 4.90 Å². The first-order chi connectivity index (χ1) is 16.4. The summed E-state index contributed by atoms with van der Waals surface area (Å²) in [5.74, 6) is 0.605. The summed E-state index contributed by atoms with van der Waals surface area (Å²) < 4.78 is 11.3. The minimum absolute atomic E-state index is 0.00133.